The van der Waals surface area contributed by atoms with Gasteiger partial charge in [-0.1, -0.05) is 24.6 Å². The maximum absolute atomic E-state index is 5.50. The molecule has 2 N–H and O–H groups in total. The normalized spacial score (nSPS) is 17.6. The summed E-state index contributed by atoms with van der Waals surface area (Å²) < 4.78 is 10.9. The molecule has 1 aromatic carbocycles. The first kappa shape index (κ1) is 24.0. The Kier molecular flexibility index (Phi) is 11.0. The molecule has 1 heterocycles. The number of ether oxygens (including phenoxy) is 2. The third-order valence-electron chi connectivity index (χ3n) is 4.72. The predicted octanol–water partition coefficient (Wildman–Crippen LogP) is 2.82. The zero-order valence-electron chi connectivity index (χ0n) is 17.2. The van der Waals surface area contributed by atoms with Gasteiger partial charge in [-0.25, -0.2) is 0 Å². The van der Waals surface area contributed by atoms with Crippen molar-refractivity contribution in [3.05, 3.63) is 29.3 Å². The number of hydrogen-bond donors (Lipinski definition) is 2. The summed E-state index contributed by atoms with van der Waals surface area (Å²) in [7, 11) is 3.52. The number of benzene rings is 1. The number of rotatable bonds is 7. The lowest BCUT2D eigenvalue weighted by molar-refractivity contribution is 0.0320. The van der Waals surface area contributed by atoms with Gasteiger partial charge in [-0.3, -0.25) is 9.89 Å². The minimum atomic E-state index is 0. The molecule has 0 amide bonds. The average Bonchev–Trinajstić information content (AvgIpc) is 2.65. The summed E-state index contributed by atoms with van der Waals surface area (Å²) in [4.78, 5) is 6.83. The van der Waals surface area contributed by atoms with Crippen LogP contribution in [0.4, 0.5) is 0 Å². The van der Waals surface area contributed by atoms with Gasteiger partial charge in [-0.15, -0.1) is 24.0 Å². The van der Waals surface area contributed by atoms with E-state index in [1.54, 1.807) is 7.11 Å². The van der Waals surface area contributed by atoms with Crippen molar-refractivity contribution in [3.8, 4) is 5.75 Å². The van der Waals surface area contributed by atoms with Gasteiger partial charge in [0, 0.05) is 38.8 Å². The molecule has 27 heavy (non-hydrogen) atoms. The van der Waals surface area contributed by atoms with E-state index in [1.165, 1.54) is 5.56 Å². The van der Waals surface area contributed by atoms with Crippen molar-refractivity contribution in [1.29, 1.82) is 0 Å². The monoisotopic (exact) mass is 490 g/mol. The van der Waals surface area contributed by atoms with Crippen LogP contribution < -0.4 is 15.4 Å². The number of nitrogens with one attached hydrogen (secondary N) is 2. The zero-order valence-corrected chi connectivity index (χ0v) is 19.6. The van der Waals surface area contributed by atoms with E-state index in [0.717, 1.165) is 56.7 Å². The van der Waals surface area contributed by atoms with Crippen LogP contribution in [-0.2, 0) is 4.74 Å². The Bertz CT molecular complexity index is 591. The maximum atomic E-state index is 5.50. The molecule has 0 aliphatic carbocycles. The number of hydrogen-bond acceptors (Lipinski definition) is 4. The highest BCUT2D eigenvalue weighted by atomic mass is 127. The number of halogens is 1. The van der Waals surface area contributed by atoms with Crippen LogP contribution in [0.25, 0.3) is 0 Å². The molecule has 7 heteroatoms. The second kappa shape index (κ2) is 12.4. The lowest BCUT2D eigenvalue weighted by Crippen LogP contribution is -2.44. The average molecular weight is 490 g/mol. The van der Waals surface area contributed by atoms with Gasteiger partial charge in [0.2, 0.25) is 0 Å². The zero-order chi connectivity index (χ0) is 18.9. The van der Waals surface area contributed by atoms with Crippen molar-refractivity contribution in [1.82, 2.24) is 15.5 Å². The molecule has 0 saturated carbocycles. The van der Waals surface area contributed by atoms with E-state index >= 15 is 0 Å². The van der Waals surface area contributed by atoms with Crippen LogP contribution in [0.15, 0.2) is 23.2 Å². The fraction of sp³-hybridized carbons (Fsp3) is 0.650. The topological polar surface area (TPSA) is 58.1 Å². The fourth-order valence-electron chi connectivity index (χ4n) is 3.23. The van der Waals surface area contributed by atoms with Gasteiger partial charge in [0.25, 0.3) is 0 Å². The smallest absolute Gasteiger partial charge is 0.191 e. The van der Waals surface area contributed by atoms with E-state index in [1.807, 2.05) is 13.1 Å². The highest BCUT2D eigenvalue weighted by Gasteiger charge is 2.16. The lowest BCUT2D eigenvalue weighted by Gasteiger charge is -2.29. The minimum Gasteiger partial charge on any atom is -0.496 e. The van der Waals surface area contributed by atoms with Crippen molar-refractivity contribution < 1.29 is 9.47 Å². The molecular formula is C20H35IN4O2. The van der Waals surface area contributed by atoms with Gasteiger partial charge in [0.05, 0.1) is 26.4 Å². The fourth-order valence-corrected chi connectivity index (χ4v) is 3.23. The third-order valence-corrected chi connectivity index (χ3v) is 4.72. The van der Waals surface area contributed by atoms with Gasteiger partial charge in [0.15, 0.2) is 5.96 Å². The molecule has 1 fully saturated rings. The summed E-state index contributed by atoms with van der Waals surface area (Å²) in [6.07, 6.45) is 0. The van der Waals surface area contributed by atoms with Crippen molar-refractivity contribution in [2.45, 2.75) is 26.8 Å². The summed E-state index contributed by atoms with van der Waals surface area (Å²) in [5.74, 6) is 2.25. The Morgan fingerprint density at radius 2 is 2.00 bits per heavy atom. The minimum absolute atomic E-state index is 0. The van der Waals surface area contributed by atoms with Crippen LogP contribution in [0.1, 0.15) is 31.0 Å². The summed E-state index contributed by atoms with van der Waals surface area (Å²) in [5, 5.41) is 6.92. The molecule has 2 rings (SSSR count). The van der Waals surface area contributed by atoms with Crippen LogP contribution in [0, 0.1) is 12.8 Å². The number of guanidine groups is 1. The Morgan fingerprint density at radius 1 is 1.30 bits per heavy atom. The Hall–Kier alpha value is -1.06. The molecule has 0 aromatic heterocycles. The summed E-state index contributed by atoms with van der Waals surface area (Å²) >= 11 is 0. The number of methoxy groups -OCH3 is 1. The first-order valence-corrected chi connectivity index (χ1v) is 9.45. The van der Waals surface area contributed by atoms with Gasteiger partial charge >= 0.3 is 0 Å². The second-order valence-electron chi connectivity index (χ2n) is 7.08. The van der Waals surface area contributed by atoms with Crippen molar-refractivity contribution in [3.63, 3.8) is 0 Å². The number of aryl methyl sites for hydroxylation is 1. The molecule has 154 valence electrons. The van der Waals surface area contributed by atoms with Crippen LogP contribution in [0.5, 0.6) is 5.75 Å². The molecule has 1 aliphatic heterocycles. The summed E-state index contributed by atoms with van der Waals surface area (Å²) in [6, 6.07) is 6.34. The van der Waals surface area contributed by atoms with E-state index in [4.69, 9.17) is 9.47 Å². The predicted molar refractivity (Wildman–Crippen MR) is 122 cm³/mol. The third kappa shape index (κ3) is 7.83. The SMILES string of the molecule is CN=C(NCC(C)CN1CCOCC1)NC(C)c1cc(C)ccc1OC.I. The Balaban J connectivity index is 0.00000364. The second-order valence-corrected chi connectivity index (χ2v) is 7.08. The van der Waals surface area contributed by atoms with Crippen LogP contribution in [0.2, 0.25) is 0 Å². The first-order valence-electron chi connectivity index (χ1n) is 9.45. The molecule has 2 atom stereocenters. The molecule has 1 aliphatic rings. The van der Waals surface area contributed by atoms with E-state index in [0.29, 0.717) is 5.92 Å². The molecule has 1 saturated heterocycles. The van der Waals surface area contributed by atoms with Crippen LogP contribution in [-0.4, -0.2) is 64.4 Å². The highest BCUT2D eigenvalue weighted by molar-refractivity contribution is 14.0. The Morgan fingerprint density at radius 3 is 2.63 bits per heavy atom. The summed E-state index contributed by atoms with van der Waals surface area (Å²) in [5.41, 5.74) is 2.35. The first-order chi connectivity index (χ1) is 12.5. The van der Waals surface area contributed by atoms with Gasteiger partial charge in [0.1, 0.15) is 5.75 Å². The molecule has 0 radical (unpaired) electrons. The van der Waals surface area contributed by atoms with E-state index in [-0.39, 0.29) is 30.0 Å². The molecule has 6 nitrogen and oxygen atoms in total. The molecule has 2 unspecified atom stereocenters. The van der Waals surface area contributed by atoms with Gasteiger partial charge in [-0.05, 0) is 25.8 Å². The van der Waals surface area contributed by atoms with Crippen LogP contribution >= 0.6 is 24.0 Å². The van der Waals surface area contributed by atoms with Crippen LogP contribution in [0.3, 0.4) is 0 Å². The Labute approximate surface area is 181 Å². The largest absolute Gasteiger partial charge is 0.496 e. The van der Waals surface area contributed by atoms with Crippen molar-refractivity contribution >= 4 is 29.9 Å². The van der Waals surface area contributed by atoms with Crippen molar-refractivity contribution in [2.24, 2.45) is 10.9 Å². The molecule has 0 bridgehead atoms. The number of nitrogens with zero attached hydrogens (tertiary/aromatic N) is 2. The van der Waals surface area contributed by atoms with Gasteiger partial charge < -0.3 is 20.1 Å². The molecular weight excluding hydrogens is 455 g/mol. The van der Waals surface area contributed by atoms with E-state index in [9.17, 15) is 0 Å². The highest BCUT2D eigenvalue weighted by Crippen LogP contribution is 2.25. The van der Waals surface area contributed by atoms with Crippen molar-refractivity contribution in [2.75, 3.05) is 53.6 Å². The number of morpholine rings is 1. The van der Waals surface area contributed by atoms with Gasteiger partial charge in [-0.2, -0.15) is 0 Å². The maximum Gasteiger partial charge on any atom is 0.191 e. The van der Waals surface area contributed by atoms with E-state index in [2.05, 4.69) is 53.4 Å². The molecule has 1 aromatic rings. The van der Waals surface area contributed by atoms with E-state index < -0.39 is 0 Å². The standard InChI is InChI=1S/C20H34N4O2.HI/c1-15-6-7-19(25-5)18(12-15)17(3)23-20(21-4)22-13-16(2)14-24-8-10-26-11-9-24;/h6-7,12,16-17H,8-11,13-14H2,1-5H3,(H2,21,22,23);1H. The number of aliphatic imine (C=N–C) groups is 1. The lowest BCUT2D eigenvalue weighted by atomic mass is 10.0. The summed E-state index contributed by atoms with van der Waals surface area (Å²) in [6.45, 7) is 12.2. The molecule has 0 spiro atoms. The quantitative estimate of drug-likeness (QED) is 0.350.